The summed E-state index contributed by atoms with van der Waals surface area (Å²) in [6.07, 6.45) is 4.65. The van der Waals surface area contributed by atoms with Gasteiger partial charge in [0.05, 0.1) is 12.2 Å². The van der Waals surface area contributed by atoms with Gasteiger partial charge < -0.3 is 9.64 Å². The van der Waals surface area contributed by atoms with Gasteiger partial charge in [0, 0.05) is 19.0 Å². The fraction of sp³-hybridized carbons (Fsp3) is 0.929. The van der Waals surface area contributed by atoms with Crippen molar-refractivity contribution in [1.29, 1.82) is 0 Å². The van der Waals surface area contributed by atoms with E-state index < -0.39 is 0 Å². The Bertz CT molecular complexity index is 232. The van der Waals surface area contributed by atoms with Gasteiger partial charge in [-0.2, -0.15) is 0 Å². The minimum absolute atomic E-state index is 0.173. The zero-order valence-corrected chi connectivity index (χ0v) is 11.7. The summed E-state index contributed by atoms with van der Waals surface area (Å²) in [7, 11) is 0. The van der Waals surface area contributed by atoms with Gasteiger partial charge in [-0.15, -0.1) is 0 Å². The molecule has 0 saturated carbocycles. The van der Waals surface area contributed by atoms with Crippen LogP contribution in [0.1, 0.15) is 53.4 Å². The molecule has 1 fully saturated rings. The number of nitrogens with zero attached hydrogens (tertiary/aromatic N) is 1. The van der Waals surface area contributed by atoms with Crippen molar-refractivity contribution in [3.63, 3.8) is 0 Å². The van der Waals surface area contributed by atoms with E-state index >= 15 is 0 Å². The van der Waals surface area contributed by atoms with E-state index in [-0.39, 0.29) is 18.1 Å². The molecular formula is C14H27NO2. The van der Waals surface area contributed by atoms with E-state index in [1.165, 1.54) is 6.42 Å². The van der Waals surface area contributed by atoms with E-state index in [1.54, 1.807) is 0 Å². The molecular weight excluding hydrogens is 214 g/mol. The van der Waals surface area contributed by atoms with Crippen LogP contribution in [0, 0.1) is 5.92 Å². The second-order valence-corrected chi connectivity index (χ2v) is 5.25. The average molecular weight is 241 g/mol. The monoisotopic (exact) mass is 241 g/mol. The average Bonchev–Trinajstić information content (AvgIpc) is 2.28. The second-order valence-electron chi connectivity index (χ2n) is 5.25. The van der Waals surface area contributed by atoms with Crippen molar-refractivity contribution in [2.45, 2.75) is 65.6 Å². The summed E-state index contributed by atoms with van der Waals surface area (Å²) in [4.78, 5) is 14.4. The summed E-state index contributed by atoms with van der Waals surface area (Å²) in [5.74, 6) is 0.551. The van der Waals surface area contributed by atoms with Crippen molar-refractivity contribution in [1.82, 2.24) is 4.90 Å². The smallest absolute Gasteiger partial charge is 0.225 e. The number of amides is 1. The van der Waals surface area contributed by atoms with Crippen LogP contribution in [-0.2, 0) is 9.53 Å². The normalized spacial score (nSPS) is 26.9. The van der Waals surface area contributed by atoms with Crippen molar-refractivity contribution in [2.24, 2.45) is 5.92 Å². The molecule has 0 unspecified atom stereocenters. The summed E-state index contributed by atoms with van der Waals surface area (Å²) in [6.45, 7) is 9.89. The molecule has 0 aliphatic carbocycles. The minimum atomic E-state index is 0.173. The van der Waals surface area contributed by atoms with E-state index in [0.717, 1.165) is 32.4 Å². The third kappa shape index (κ3) is 4.30. The first kappa shape index (κ1) is 14.5. The van der Waals surface area contributed by atoms with Gasteiger partial charge in [-0.3, -0.25) is 4.79 Å². The molecule has 0 radical (unpaired) electrons. The Morgan fingerprint density at radius 2 is 1.88 bits per heavy atom. The van der Waals surface area contributed by atoms with Crippen LogP contribution in [0.2, 0.25) is 0 Å². The Morgan fingerprint density at radius 3 is 2.35 bits per heavy atom. The van der Waals surface area contributed by atoms with Crippen molar-refractivity contribution in [3.05, 3.63) is 0 Å². The van der Waals surface area contributed by atoms with Crippen LogP contribution in [0.25, 0.3) is 0 Å². The Labute approximate surface area is 106 Å². The molecule has 0 bridgehead atoms. The van der Waals surface area contributed by atoms with Gasteiger partial charge >= 0.3 is 0 Å². The van der Waals surface area contributed by atoms with Crippen LogP contribution in [0.5, 0.6) is 0 Å². The summed E-state index contributed by atoms with van der Waals surface area (Å²) >= 11 is 0. The molecule has 0 aromatic heterocycles. The van der Waals surface area contributed by atoms with E-state index in [2.05, 4.69) is 13.8 Å². The molecule has 0 aromatic rings. The van der Waals surface area contributed by atoms with Crippen LogP contribution in [-0.4, -0.2) is 36.1 Å². The van der Waals surface area contributed by atoms with Crippen LogP contribution in [0.15, 0.2) is 0 Å². The molecule has 1 rings (SSSR count). The van der Waals surface area contributed by atoms with Gasteiger partial charge in [-0.1, -0.05) is 26.7 Å². The molecule has 0 spiro atoms. The molecule has 3 heteroatoms. The van der Waals surface area contributed by atoms with Crippen molar-refractivity contribution < 1.29 is 9.53 Å². The maximum atomic E-state index is 12.4. The highest BCUT2D eigenvalue weighted by Crippen LogP contribution is 2.19. The van der Waals surface area contributed by atoms with Crippen LogP contribution in [0.3, 0.4) is 0 Å². The SMILES string of the molecule is CCCC[C@@H](CC)C(=O)N1C[C@H](C)O[C@@H](C)C1. The van der Waals surface area contributed by atoms with Gasteiger partial charge in [0.15, 0.2) is 0 Å². The molecule has 1 heterocycles. The maximum absolute atomic E-state index is 12.4. The van der Waals surface area contributed by atoms with Crippen LogP contribution in [0.4, 0.5) is 0 Å². The molecule has 1 amide bonds. The summed E-state index contributed by atoms with van der Waals surface area (Å²) in [5, 5.41) is 0. The zero-order valence-electron chi connectivity index (χ0n) is 11.7. The molecule has 1 saturated heterocycles. The molecule has 17 heavy (non-hydrogen) atoms. The Balaban J connectivity index is 2.54. The lowest BCUT2D eigenvalue weighted by Crippen LogP contribution is -2.50. The maximum Gasteiger partial charge on any atom is 0.225 e. The molecule has 1 aliphatic heterocycles. The highest BCUT2D eigenvalue weighted by atomic mass is 16.5. The molecule has 3 atom stereocenters. The van der Waals surface area contributed by atoms with E-state index in [9.17, 15) is 4.79 Å². The summed E-state index contributed by atoms with van der Waals surface area (Å²) < 4.78 is 5.67. The van der Waals surface area contributed by atoms with Crippen molar-refractivity contribution in [3.8, 4) is 0 Å². The standard InChI is InChI=1S/C14H27NO2/c1-5-7-8-13(6-2)14(16)15-9-11(3)17-12(4)10-15/h11-13H,5-10H2,1-4H3/t11-,12-,13+/m0/s1. The molecule has 3 nitrogen and oxygen atoms in total. The molecule has 1 aliphatic rings. The number of ether oxygens (including phenoxy) is 1. The van der Waals surface area contributed by atoms with Crippen LogP contribution < -0.4 is 0 Å². The van der Waals surface area contributed by atoms with Crippen molar-refractivity contribution >= 4 is 5.91 Å². The first-order valence-electron chi connectivity index (χ1n) is 7.02. The van der Waals surface area contributed by atoms with Crippen LogP contribution >= 0.6 is 0 Å². The number of morpholine rings is 1. The fourth-order valence-corrected chi connectivity index (χ4v) is 2.57. The van der Waals surface area contributed by atoms with Gasteiger partial charge in [-0.05, 0) is 26.7 Å². The zero-order chi connectivity index (χ0) is 12.8. The number of carbonyl (C=O) groups is 1. The third-order valence-electron chi connectivity index (χ3n) is 3.48. The van der Waals surface area contributed by atoms with Crippen molar-refractivity contribution in [2.75, 3.05) is 13.1 Å². The fourth-order valence-electron chi connectivity index (χ4n) is 2.57. The minimum Gasteiger partial charge on any atom is -0.372 e. The lowest BCUT2D eigenvalue weighted by molar-refractivity contribution is -0.147. The van der Waals surface area contributed by atoms with E-state index in [1.807, 2.05) is 18.7 Å². The second kappa shape index (κ2) is 7.00. The highest BCUT2D eigenvalue weighted by molar-refractivity contribution is 5.79. The predicted octanol–water partition coefficient (Wildman–Crippen LogP) is 2.84. The van der Waals surface area contributed by atoms with Gasteiger partial charge in [0.1, 0.15) is 0 Å². The largest absolute Gasteiger partial charge is 0.372 e. The Hall–Kier alpha value is -0.570. The lowest BCUT2D eigenvalue weighted by atomic mass is 9.97. The number of unbranched alkanes of at least 4 members (excludes halogenated alkanes) is 1. The first-order valence-corrected chi connectivity index (χ1v) is 7.02. The predicted molar refractivity (Wildman–Crippen MR) is 69.9 cm³/mol. The van der Waals surface area contributed by atoms with Gasteiger partial charge in [0.2, 0.25) is 5.91 Å². The number of carbonyl (C=O) groups excluding carboxylic acids is 1. The first-order chi connectivity index (χ1) is 8.08. The van der Waals surface area contributed by atoms with Gasteiger partial charge in [-0.25, -0.2) is 0 Å². The molecule has 100 valence electrons. The Kier molecular flexibility index (Phi) is 5.96. The lowest BCUT2D eigenvalue weighted by Gasteiger charge is -2.37. The number of hydrogen-bond acceptors (Lipinski definition) is 2. The van der Waals surface area contributed by atoms with E-state index in [0.29, 0.717) is 5.91 Å². The summed E-state index contributed by atoms with van der Waals surface area (Å²) in [5.41, 5.74) is 0. The quantitative estimate of drug-likeness (QED) is 0.740. The number of rotatable bonds is 5. The topological polar surface area (TPSA) is 29.5 Å². The van der Waals surface area contributed by atoms with Gasteiger partial charge in [0.25, 0.3) is 0 Å². The summed E-state index contributed by atoms with van der Waals surface area (Å²) in [6, 6.07) is 0. The molecule has 0 N–H and O–H groups in total. The van der Waals surface area contributed by atoms with E-state index in [4.69, 9.17) is 4.74 Å². The Morgan fingerprint density at radius 1 is 1.29 bits per heavy atom. The highest BCUT2D eigenvalue weighted by Gasteiger charge is 2.29. The molecule has 0 aromatic carbocycles. The third-order valence-corrected chi connectivity index (χ3v) is 3.48. The number of hydrogen-bond donors (Lipinski definition) is 0.